The first kappa shape index (κ1) is 83.3. The fourth-order valence-electron chi connectivity index (χ4n) is 12.9. The molecule has 0 aliphatic heterocycles. The van der Waals surface area contributed by atoms with Gasteiger partial charge in [0.15, 0.2) is 24.3 Å². The van der Waals surface area contributed by atoms with Crippen LogP contribution in [0.3, 0.4) is 0 Å². The third kappa shape index (κ3) is 18.9. The summed E-state index contributed by atoms with van der Waals surface area (Å²) in [4.78, 5) is 21.9. The molecule has 0 bridgehead atoms. The number of rotatable bonds is 6. The van der Waals surface area contributed by atoms with Crippen molar-refractivity contribution in [2.75, 3.05) is 0 Å². The Morgan fingerprint density at radius 3 is 1.03 bits per heavy atom. The molecule has 0 N–H and O–H groups in total. The van der Waals surface area contributed by atoms with E-state index in [0.717, 1.165) is 62.1 Å². The Hall–Kier alpha value is -11.7. The third-order valence-corrected chi connectivity index (χ3v) is 21.9. The molecule has 0 fully saturated rings. The quantitative estimate of drug-likeness (QED) is 0.0886. The zero-order valence-electron chi connectivity index (χ0n) is 62.0. The van der Waals surface area contributed by atoms with Gasteiger partial charge in [-0.2, -0.15) is 60.4 Å². The van der Waals surface area contributed by atoms with Crippen LogP contribution in [0.2, 0.25) is 0 Å². The fraction of sp³-hybridized carbons (Fsp3) is 0.0659. The van der Waals surface area contributed by atoms with Crippen molar-refractivity contribution in [2.45, 2.75) is 19.3 Å². The summed E-state index contributed by atoms with van der Waals surface area (Å²) in [5.41, 5.74) is 10.4. The number of nitrogens with zero attached hydrogens (tertiary/aromatic N) is 14. The van der Waals surface area contributed by atoms with Crippen LogP contribution in [0.25, 0.3) is 161 Å². The summed E-state index contributed by atoms with van der Waals surface area (Å²) in [6.45, 7) is 1.83. The van der Waals surface area contributed by atoms with Gasteiger partial charge in [-0.15, -0.1) is 71.3 Å². The number of thiophene rings is 3. The van der Waals surface area contributed by atoms with E-state index in [-0.39, 0.29) is 71.8 Å². The molecule has 585 valence electrons. The number of alkyl halides is 6. The predicted molar refractivity (Wildman–Crippen MR) is 440 cm³/mol. The molecule has 0 saturated carbocycles. The van der Waals surface area contributed by atoms with Gasteiger partial charge < -0.3 is 30.4 Å². The van der Waals surface area contributed by atoms with Crippen LogP contribution in [-0.2, 0) is 93.8 Å². The number of halogens is 6. The van der Waals surface area contributed by atoms with Gasteiger partial charge in [-0.05, 0) is 137 Å². The number of aryl methyl sites for hydroxylation is 4. The van der Waals surface area contributed by atoms with Crippen molar-refractivity contribution in [1.29, 1.82) is 0 Å². The molecule has 0 amide bonds. The van der Waals surface area contributed by atoms with E-state index in [1.165, 1.54) is 76.7 Å². The first-order valence-electron chi connectivity index (χ1n) is 35.7. The molecule has 12 heterocycles. The van der Waals surface area contributed by atoms with Crippen molar-refractivity contribution in [3.8, 4) is 68.2 Å². The van der Waals surface area contributed by atoms with Crippen LogP contribution in [0, 0.1) is 25.1 Å². The van der Waals surface area contributed by atoms with Gasteiger partial charge in [0.25, 0.3) is 0 Å². The summed E-state index contributed by atoms with van der Waals surface area (Å²) in [6, 6.07) is 103. The molecule has 0 aliphatic carbocycles. The van der Waals surface area contributed by atoms with E-state index in [0.29, 0.717) is 23.0 Å². The van der Waals surface area contributed by atoms with Crippen molar-refractivity contribution in [2.24, 2.45) is 21.1 Å². The second kappa shape index (κ2) is 36.7. The maximum Gasteiger partial charge on any atom is 0.431 e. The molecule has 14 nitrogen and oxygen atoms in total. The summed E-state index contributed by atoms with van der Waals surface area (Å²) in [7, 11) is 5.39. The Morgan fingerprint density at radius 1 is 0.325 bits per heavy atom. The van der Waals surface area contributed by atoms with Gasteiger partial charge in [-0.1, -0.05) is 162 Å². The van der Waals surface area contributed by atoms with E-state index in [1.54, 1.807) is 72.0 Å². The Labute approximate surface area is 718 Å². The Morgan fingerprint density at radius 2 is 0.675 bits per heavy atom. The molecule has 21 rings (SSSR count). The third-order valence-electron chi connectivity index (χ3n) is 18.5. The summed E-state index contributed by atoms with van der Waals surface area (Å²) >= 11 is 5.45. The topological polar surface area (TPSA) is 157 Å². The average molecular weight is 2140 g/mol. The average Bonchev–Trinajstić information content (AvgIpc) is 1.66. The van der Waals surface area contributed by atoms with Gasteiger partial charge in [0.1, 0.15) is 32.7 Å². The van der Waals surface area contributed by atoms with E-state index in [4.69, 9.17) is 15.0 Å². The van der Waals surface area contributed by atoms with Gasteiger partial charge >= 0.3 is 12.4 Å². The van der Waals surface area contributed by atoms with Crippen LogP contribution >= 0.6 is 34.0 Å². The van der Waals surface area contributed by atoms with Crippen LogP contribution in [0.15, 0.2) is 298 Å². The minimum absolute atomic E-state index is 0. The molecule has 0 saturated heterocycles. The summed E-state index contributed by atoms with van der Waals surface area (Å²) in [6.07, 6.45) is -3.62. The van der Waals surface area contributed by atoms with Gasteiger partial charge in [-0.25, -0.2) is 13.7 Å². The first-order chi connectivity index (χ1) is 55.4. The number of benzene rings is 9. The van der Waals surface area contributed by atoms with Crippen molar-refractivity contribution in [3.05, 3.63) is 333 Å². The molecule has 9 aromatic carbocycles. The molecule has 3 radical (unpaired) electrons. The molecule has 0 spiro atoms. The molecular formula is C91H61F6Ir3N14S3-3. The molecule has 0 atom stereocenters. The van der Waals surface area contributed by atoms with Crippen LogP contribution < -0.4 is 29.0 Å². The standard InChI is InChI=1S/3C21H12NS.C10H8F3N3.C9H7F3N4.C9H10N4.3Ir/c3*1-3-7-18-14(5-1)9-11-19(22-18)15-10-12-21-17(13-15)16-6-2-4-8-20(16)23-21;1-16-5-3-2-4-8(16)7-6-9(15-14-7)10(11,12)13;1-16-5-3-2-4-6(16)7-13-8(15-14-7)9(10,11)12;1-7-10-9(12-11-7)8-5-3-4-6-13(8)2;;;/h3*1-9,11-13H;2-6H,1H3;2-5H,1H3;3-6H,1-2H3;;;/q3*-1;;;;;;. The molecule has 12 aromatic heterocycles. The van der Waals surface area contributed by atoms with E-state index in [1.807, 2.05) is 113 Å². The van der Waals surface area contributed by atoms with Crippen LogP contribution in [-0.4, -0.2) is 40.2 Å². The number of para-hydroxylation sites is 3. The van der Waals surface area contributed by atoms with Crippen molar-refractivity contribution >= 4 is 127 Å². The van der Waals surface area contributed by atoms with Crippen molar-refractivity contribution in [1.82, 2.24) is 55.5 Å². The van der Waals surface area contributed by atoms with E-state index in [2.05, 4.69) is 241 Å². The zero-order chi connectivity index (χ0) is 78.5. The number of hydrogen-bond donors (Lipinski definition) is 0. The molecule has 21 aromatic rings. The molecule has 0 aliphatic rings. The zero-order valence-corrected chi connectivity index (χ0v) is 71.7. The SMILES string of the molecule is C[n+]1ccccc1-c1cc(C(F)(F)F)n[n-]1.C[n+]1ccccc1-c1nc(C(F)(F)F)n[n-]1.Cc1n[n-]c(-c2cccc[n+]2C)n1.[Ir].[Ir].[Ir].[c-]1cc2sc3ccccc3c2cc1-c1ccc2ccccc2n1.[c-]1cc2sc3ccccc3c2cc1-c1ccc2ccccc2n1.[c-]1cc2sc3ccccc3c2cc1-c1ccc2ccccc2n1. The van der Waals surface area contributed by atoms with E-state index >= 15 is 0 Å². The smallest absolute Gasteiger partial charge is 0.431 e. The second-order valence-electron chi connectivity index (χ2n) is 26.2. The molecule has 117 heavy (non-hydrogen) atoms. The van der Waals surface area contributed by atoms with Gasteiger partial charge in [0.2, 0.25) is 11.4 Å². The summed E-state index contributed by atoms with van der Waals surface area (Å²) in [5.74, 6) is 0.140. The number of aromatic nitrogens is 14. The monoisotopic (exact) mass is 2140 g/mol. The van der Waals surface area contributed by atoms with Crippen LogP contribution in [0.1, 0.15) is 17.3 Å². The first-order valence-corrected chi connectivity index (χ1v) is 38.1. The fourth-order valence-corrected chi connectivity index (χ4v) is 16.1. The van der Waals surface area contributed by atoms with E-state index < -0.39 is 23.9 Å². The van der Waals surface area contributed by atoms with Crippen molar-refractivity contribution < 1.29 is 100 Å². The maximum atomic E-state index is 12.3. The predicted octanol–water partition coefficient (Wildman–Crippen LogP) is 20.9. The number of hydrogen-bond acceptors (Lipinski definition) is 11. The normalized spacial score (nSPS) is 11.1. The van der Waals surface area contributed by atoms with Crippen LogP contribution in [0.4, 0.5) is 26.3 Å². The van der Waals surface area contributed by atoms with Gasteiger partial charge in [0, 0.05) is 128 Å². The molecule has 0 unspecified atom stereocenters. The molecule has 26 heteroatoms. The summed E-state index contributed by atoms with van der Waals surface area (Å²) < 4.78 is 86.7. The minimum atomic E-state index is -4.56. The second-order valence-corrected chi connectivity index (χ2v) is 29.4. The van der Waals surface area contributed by atoms with Gasteiger partial charge in [-0.3, -0.25) is 25.1 Å². The summed E-state index contributed by atoms with van der Waals surface area (Å²) in [5, 5.41) is 32.2. The van der Waals surface area contributed by atoms with Crippen LogP contribution in [0.5, 0.6) is 0 Å². The number of fused-ring (bicyclic) bond motifs is 12. The maximum absolute atomic E-state index is 12.3. The number of pyridine rings is 6. The Balaban J connectivity index is 0.000000123. The van der Waals surface area contributed by atoms with Gasteiger partial charge in [0.05, 0.1) is 16.6 Å². The largest absolute Gasteiger partial charge is 0.570 e. The van der Waals surface area contributed by atoms with E-state index in [9.17, 15) is 26.3 Å². The molecular weight excluding hydrogens is 2080 g/mol. The van der Waals surface area contributed by atoms with Crippen molar-refractivity contribution in [3.63, 3.8) is 0 Å². The Bertz CT molecular complexity index is 6520. The Kier molecular flexibility index (Phi) is 26.1. The minimum Gasteiger partial charge on any atom is -0.570 e.